The highest BCUT2D eigenvalue weighted by molar-refractivity contribution is 5.89. The van der Waals surface area contributed by atoms with Gasteiger partial charge in [-0.25, -0.2) is 9.59 Å². The summed E-state index contributed by atoms with van der Waals surface area (Å²) in [5, 5.41) is 14.1. The van der Waals surface area contributed by atoms with E-state index in [-0.39, 0.29) is 12.5 Å². The Hall–Kier alpha value is -2.57. The van der Waals surface area contributed by atoms with E-state index in [2.05, 4.69) is 10.6 Å². The van der Waals surface area contributed by atoms with Gasteiger partial charge in [0.15, 0.2) is 0 Å². The van der Waals surface area contributed by atoms with Crippen LogP contribution in [-0.2, 0) is 20.9 Å². The highest BCUT2D eigenvalue weighted by Crippen LogP contribution is 2.06. The van der Waals surface area contributed by atoms with Gasteiger partial charge in [-0.2, -0.15) is 0 Å². The van der Waals surface area contributed by atoms with Gasteiger partial charge in [0.25, 0.3) is 0 Å². The molecule has 0 aliphatic heterocycles. The van der Waals surface area contributed by atoms with Crippen LogP contribution < -0.4 is 10.6 Å². The monoisotopic (exact) mass is 350 g/mol. The van der Waals surface area contributed by atoms with E-state index in [4.69, 9.17) is 4.74 Å². The summed E-state index contributed by atoms with van der Waals surface area (Å²) in [7, 11) is 0. The van der Waals surface area contributed by atoms with Crippen LogP contribution >= 0.6 is 0 Å². The van der Waals surface area contributed by atoms with Crippen molar-refractivity contribution in [2.45, 2.75) is 52.3 Å². The molecule has 3 N–H and O–H groups in total. The molecule has 1 rings (SSSR count). The Bertz CT molecular complexity index is 574. The number of rotatable bonds is 9. The molecule has 0 aliphatic carbocycles. The van der Waals surface area contributed by atoms with E-state index in [1.54, 1.807) is 6.92 Å². The first-order valence-corrected chi connectivity index (χ1v) is 8.33. The number of carboxylic acid groups (broad SMARTS) is 1. The molecule has 0 heterocycles. The summed E-state index contributed by atoms with van der Waals surface area (Å²) >= 11 is 0. The van der Waals surface area contributed by atoms with E-state index >= 15 is 0 Å². The number of amides is 2. The van der Waals surface area contributed by atoms with Gasteiger partial charge in [-0.1, -0.05) is 51.1 Å². The molecule has 1 aromatic carbocycles. The van der Waals surface area contributed by atoms with Crippen LogP contribution in [0.2, 0.25) is 0 Å². The SMILES string of the molecule is CC[C@@H](NC(=O)OCc1ccccc1)C(=O)N[C@H](CC(C)C)C(=O)O. The first-order chi connectivity index (χ1) is 11.8. The first kappa shape index (κ1) is 20.5. The smallest absolute Gasteiger partial charge is 0.408 e. The minimum absolute atomic E-state index is 0.0931. The van der Waals surface area contributed by atoms with Gasteiger partial charge in [0.1, 0.15) is 18.7 Å². The van der Waals surface area contributed by atoms with Crippen LogP contribution in [-0.4, -0.2) is 35.2 Å². The van der Waals surface area contributed by atoms with Crippen LogP contribution in [0, 0.1) is 5.92 Å². The number of aliphatic carboxylic acids is 1. The van der Waals surface area contributed by atoms with Crippen molar-refractivity contribution in [2.75, 3.05) is 0 Å². The molecule has 7 heteroatoms. The quantitative estimate of drug-likeness (QED) is 0.634. The van der Waals surface area contributed by atoms with E-state index in [9.17, 15) is 19.5 Å². The van der Waals surface area contributed by atoms with E-state index in [1.165, 1.54) is 0 Å². The molecule has 0 fully saturated rings. The molecule has 1 aromatic rings. The average Bonchev–Trinajstić information content (AvgIpc) is 2.57. The van der Waals surface area contributed by atoms with Gasteiger partial charge in [0.05, 0.1) is 0 Å². The lowest BCUT2D eigenvalue weighted by Crippen LogP contribution is -2.51. The predicted molar refractivity (Wildman–Crippen MR) is 92.9 cm³/mol. The van der Waals surface area contributed by atoms with Crippen molar-refractivity contribution < 1.29 is 24.2 Å². The fourth-order valence-corrected chi connectivity index (χ4v) is 2.23. The average molecular weight is 350 g/mol. The molecule has 25 heavy (non-hydrogen) atoms. The number of nitrogens with one attached hydrogen (secondary N) is 2. The first-order valence-electron chi connectivity index (χ1n) is 8.33. The van der Waals surface area contributed by atoms with E-state index in [0.717, 1.165) is 5.56 Å². The Balaban J connectivity index is 2.54. The van der Waals surface area contributed by atoms with Gasteiger partial charge in [0, 0.05) is 0 Å². The van der Waals surface area contributed by atoms with Crippen LogP contribution in [0.25, 0.3) is 0 Å². The number of hydrogen-bond acceptors (Lipinski definition) is 4. The molecule has 0 aromatic heterocycles. The predicted octanol–water partition coefficient (Wildman–Crippen LogP) is 2.31. The summed E-state index contributed by atoms with van der Waals surface area (Å²) in [4.78, 5) is 35.3. The van der Waals surface area contributed by atoms with Gasteiger partial charge in [-0.15, -0.1) is 0 Å². The number of ether oxygens (including phenoxy) is 1. The third-order valence-corrected chi connectivity index (χ3v) is 3.55. The number of alkyl carbamates (subject to hydrolysis) is 1. The molecule has 2 atom stereocenters. The van der Waals surface area contributed by atoms with E-state index in [0.29, 0.717) is 12.8 Å². The maximum absolute atomic E-state index is 12.2. The fourth-order valence-electron chi connectivity index (χ4n) is 2.23. The van der Waals surface area contributed by atoms with Gasteiger partial charge < -0.3 is 20.5 Å². The zero-order valence-corrected chi connectivity index (χ0v) is 14.8. The lowest BCUT2D eigenvalue weighted by Gasteiger charge is -2.21. The minimum atomic E-state index is -1.09. The highest BCUT2D eigenvalue weighted by atomic mass is 16.5. The van der Waals surface area contributed by atoms with Crippen molar-refractivity contribution in [3.05, 3.63) is 35.9 Å². The molecule has 2 amide bonds. The molecular weight excluding hydrogens is 324 g/mol. The number of carboxylic acids is 1. The van der Waals surface area contributed by atoms with Crippen LogP contribution in [0.5, 0.6) is 0 Å². The molecule has 0 spiro atoms. The second-order valence-electron chi connectivity index (χ2n) is 6.20. The molecule has 0 saturated heterocycles. The highest BCUT2D eigenvalue weighted by Gasteiger charge is 2.26. The summed E-state index contributed by atoms with van der Waals surface area (Å²) < 4.78 is 5.08. The molecule has 0 unspecified atom stereocenters. The maximum atomic E-state index is 12.2. The summed E-state index contributed by atoms with van der Waals surface area (Å²) in [6, 6.07) is 7.33. The van der Waals surface area contributed by atoms with Crippen molar-refractivity contribution in [3.63, 3.8) is 0 Å². The Kier molecular flexibility index (Phi) is 8.46. The molecular formula is C18H26N2O5. The molecule has 0 radical (unpaired) electrons. The Morgan fingerprint density at radius 1 is 1.08 bits per heavy atom. The van der Waals surface area contributed by atoms with Gasteiger partial charge in [-0.3, -0.25) is 4.79 Å². The zero-order valence-electron chi connectivity index (χ0n) is 14.8. The summed E-state index contributed by atoms with van der Waals surface area (Å²) in [6.45, 7) is 5.56. The van der Waals surface area contributed by atoms with E-state index < -0.39 is 30.1 Å². The third kappa shape index (κ3) is 7.69. The lowest BCUT2D eigenvalue weighted by molar-refractivity contribution is -0.142. The Morgan fingerprint density at radius 3 is 2.24 bits per heavy atom. The van der Waals surface area contributed by atoms with Crippen molar-refractivity contribution in [3.8, 4) is 0 Å². The number of carbonyl (C=O) groups is 3. The maximum Gasteiger partial charge on any atom is 0.408 e. The Morgan fingerprint density at radius 2 is 1.72 bits per heavy atom. The van der Waals surface area contributed by atoms with Crippen molar-refractivity contribution in [1.29, 1.82) is 0 Å². The summed E-state index contributed by atoms with van der Waals surface area (Å²) in [5.74, 6) is -1.51. The number of benzene rings is 1. The molecule has 0 aliphatic rings. The zero-order chi connectivity index (χ0) is 18.8. The number of hydrogen-bond donors (Lipinski definition) is 3. The minimum Gasteiger partial charge on any atom is -0.480 e. The molecule has 0 saturated carbocycles. The van der Waals surface area contributed by atoms with Gasteiger partial charge in [0.2, 0.25) is 5.91 Å². The van der Waals surface area contributed by atoms with Crippen LogP contribution in [0.4, 0.5) is 4.79 Å². The van der Waals surface area contributed by atoms with Crippen molar-refractivity contribution in [2.24, 2.45) is 5.92 Å². The van der Waals surface area contributed by atoms with Gasteiger partial charge in [-0.05, 0) is 24.3 Å². The number of carbonyl (C=O) groups excluding carboxylic acids is 2. The normalized spacial score (nSPS) is 13.0. The van der Waals surface area contributed by atoms with Crippen LogP contribution in [0.1, 0.15) is 39.2 Å². The molecule has 7 nitrogen and oxygen atoms in total. The van der Waals surface area contributed by atoms with Gasteiger partial charge >= 0.3 is 12.1 Å². The second kappa shape index (κ2) is 10.3. The summed E-state index contributed by atoms with van der Waals surface area (Å²) in [6.07, 6.45) is -0.0856. The summed E-state index contributed by atoms with van der Waals surface area (Å²) in [5.41, 5.74) is 0.832. The second-order valence-corrected chi connectivity index (χ2v) is 6.20. The molecule has 0 bridgehead atoms. The largest absolute Gasteiger partial charge is 0.480 e. The Labute approximate surface area is 147 Å². The van der Waals surface area contributed by atoms with Crippen LogP contribution in [0.15, 0.2) is 30.3 Å². The lowest BCUT2D eigenvalue weighted by atomic mass is 10.0. The van der Waals surface area contributed by atoms with Crippen LogP contribution in [0.3, 0.4) is 0 Å². The van der Waals surface area contributed by atoms with E-state index in [1.807, 2.05) is 44.2 Å². The van der Waals surface area contributed by atoms with Crippen molar-refractivity contribution >= 4 is 18.0 Å². The molecule has 138 valence electrons. The third-order valence-electron chi connectivity index (χ3n) is 3.55. The van der Waals surface area contributed by atoms with Crippen molar-refractivity contribution in [1.82, 2.24) is 10.6 Å². The topological polar surface area (TPSA) is 105 Å². The fraction of sp³-hybridized carbons (Fsp3) is 0.500. The standard InChI is InChI=1S/C18H26N2O5/c1-4-14(16(21)19-15(17(22)23)10-12(2)3)20-18(24)25-11-13-8-6-5-7-9-13/h5-9,12,14-15H,4,10-11H2,1-3H3,(H,19,21)(H,20,24)(H,22,23)/t14-,15-/m1/s1.